The van der Waals surface area contributed by atoms with Gasteiger partial charge in [0.2, 0.25) is 0 Å². The lowest BCUT2D eigenvalue weighted by Gasteiger charge is -2.15. The van der Waals surface area contributed by atoms with Crippen LogP contribution >= 0.6 is 0 Å². The van der Waals surface area contributed by atoms with E-state index in [4.69, 9.17) is 5.73 Å². The smallest absolute Gasteiger partial charge is 0.146 e. The van der Waals surface area contributed by atoms with Gasteiger partial charge in [-0.1, -0.05) is 6.07 Å². The molecule has 1 atom stereocenters. The molecule has 0 saturated carbocycles. The molecule has 2 N–H and O–H groups in total. The molecule has 0 aliphatic rings. The van der Waals surface area contributed by atoms with Gasteiger partial charge in [0.25, 0.3) is 0 Å². The largest absolute Gasteiger partial charge is 0.375 e. The van der Waals surface area contributed by atoms with Crippen LogP contribution in [0.2, 0.25) is 0 Å². The predicted molar refractivity (Wildman–Crippen MR) is 53.3 cm³/mol. The first-order chi connectivity index (χ1) is 6.02. The summed E-state index contributed by atoms with van der Waals surface area (Å²) < 4.78 is 13.4. The highest BCUT2D eigenvalue weighted by Crippen LogP contribution is 2.20. The molecule has 0 spiro atoms. The molecule has 1 rings (SSSR count). The zero-order valence-electron chi connectivity index (χ0n) is 8.21. The molecule has 1 aromatic carbocycles. The van der Waals surface area contributed by atoms with E-state index in [9.17, 15) is 4.39 Å². The minimum Gasteiger partial charge on any atom is -0.375 e. The molecule has 2 nitrogen and oxygen atoms in total. The zero-order valence-corrected chi connectivity index (χ0v) is 8.21. The highest BCUT2D eigenvalue weighted by atomic mass is 19.1. The van der Waals surface area contributed by atoms with Crippen LogP contribution in [0.3, 0.4) is 0 Å². The number of halogens is 1. The molecule has 0 aliphatic carbocycles. The van der Waals surface area contributed by atoms with Gasteiger partial charge in [0, 0.05) is 20.1 Å². The third-order valence-electron chi connectivity index (χ3n) is 1.98. The summed E-state index contributed by atoms with van der Waals surface area (Å²) in [5, 5.41) is 0. The average Bonchev–Trinajstić information content (AvgIpc) is 2.03. The Labute approximate surface area is 78.2 Å². The molecule has 1 aromatic rings. The fourth-order valence-corrected chi connectivity index (χ4v) is 1.17. The highest BCUT2D eigenvalue weighted by Gasteiger charge is 2.06. The molecule has 3 heteroatoms. The van der Waals surface area contributed by atoms with E-state index in [1.54, 1.807) is 11.0 Å². The second-order valence-electron chi connectivity index (χ2n) is 3.39. The molecule has 13 heavy (non-hydrogen) atoms. The van der Waals surface area contributed by atoms with Crippen molar-refractivity contribution in [3.63, 3.8) is 0 Å². The Hall–Kier alpha value is -1.09. The van der Waals surface area contributed by atoms with Gasteiger partial charge in [0.15, 0.2) is 0 Å². The number of hydrogen-bond donors (Lipinski definition) is 1. The van der Waals surface area contributed by atoms with Crippen LogP contribution in [0.4, 0.5) is 10.1 Å². The molecule has 0 saturated heterocycles. The van der Waals surface area contributed by atoms with E-state index < -0.39 is 0 Å². The lowest BCUT2D eigenvalue weighted by atomic mass is 10.1. The maximum absolute atomic E-state index is 13.4. The molecular weight excluding hydrogens is 167 g/mol. The predicted octanol–water partition coefficient (Wildman–Crippen LogP) is 1.91. The van der Waals surface area contributed by atoms with E-state index in [1.165, 1.54) is 6.07 Å². The van der Waals surface area contributed by atoms with Crippen LogP contribution < -0.4 is 10.6 Å². The minimum absolute atomic E-state index is 0.120. The van der Waals surface area contributed by atoms with Gasteiger partial charge in [-0.2, -0.15) is 0 Å². The fraction of sp³-hybridized carbons (Fsp3) is 0.400. The number of nitrogens with zero attached hydrogens (tertiary/aromatic N) is 1. The summed E-state index contributed by atoms with van der Waals surface area (Å²) in [4.78, 5) is 1.74. The first-order valence-electron chi connectivity index (χ1n) is 4.24. The van der Waals surface area contributed by atoms with Crippen LogP contribution in [0.25, 0.3) is 0 Å². The Balaban J connectivity index is 3.06. The summed E-state index contributed by atoms with van der Waals surface area (Å²) >= 11 is 0. The van der Waals surface area contributed by atoms with Crippen LogP contribution in [-0.2, 0) is 0 Å². The Bertz CT molecular complexity index is 295. The third-order valence-corrected chi connectivity index (χ3v) is 1.98. The van der Waals surface area contributed by atoms with Crippen molar-refractivity contribution in [3.05, 3.63) is 29.6 Å². The van der Waals surface area contributed by atoms with Crippen molar-refractivity contribution in [2.75, 3.05) is 19.0 Å². The van der Waals surface area contributed by atoms with Crippen molar-refractivity contribution in [1.82, 2.24) is 0 Å². The Morgan fingerprint density at radius 1 is 1.38 bits per heavy atom. The van der Waals surface area contributed by atoms with Crippen molar-refractivity contribution >= 4 is 5.69 Å². The monoisotopic (exact) mass is 182 g/mol. The second kappa shape index (κ2) is 3.75. The van der Waals surface area contributed by atoms with Crippen LogP contribution in [0, 0.1) is 5.82 Å². The van der Waals surface area contributed by atoms with Gasteiger partial charge < -0.3 is 10.6 Å². The van der Waals surface area contributed by atoms with Crippen LogP contribution in [0.15, 0.2) is 18.2 Å². The Morgan fingerprint density at radius 3 is 2.38 bits per heavy atom. The van der Waals surface area contributed by atoms with Gasteiger partial charge in [-0.3, -0.25) is 0 Å². The van der Waals surface area contributed by atoms with Crippen molar-refractivity contribution in [1.29, 1.82) is 0 Å². The van der Waals surface area contributed by atoms with Crippen molar-refractivity contribution in [2.45, 2.75) is 13.0 Å². The van der Waals surface area contributed by atoms with Crippen molar-refractivity contribution < 1.29 is 4.39 Å². The maximum atomic E-state index is 13.4. The topological polar surface area (TPSA) is 29.3 Å². The standard InChI is InChI=1S/C10H15FN2/c1-7(12)8-4-5-10(13(2)3)9(11)6-8/h4-7H,12H2,1-3H3/t7-/m1/s1. The van der Waals surface area contributed by atoms with Crippen molar-refractivity contribution in [2.24, 2.45) is 5.73 Å². The molecule has 0 aromatic heterocycles. The summed E-state index contributed by atoms with van der Waals surface area (Å²) in [6.07, 6.45) is 0. The quantitative estimate of drug-likeness (QED) is 0.757. The molecule has 0 aliphatic heterocycles. The van der Waals surface area contributed by atoms with E-state index in [0.29, 0.717) is 5.69 Å². The van der Waals surface area contributed by atoms with Gasteiger partial charge in [-0.05, 0) is 24.6 Å². The molecule has 0 amide bonds. The minimum atomic E-state index is -0.222. The number of nitrogens with two attached hydrogens (primary N) is 1. The van der Waals surface area contributed by atoms with E-state index in [-0.39, 0.29) is 11.9 Å². The second-order valence-corrected chi connectivity index (χ2v) is 3.39. The lowest BCUT2D eigenvalue weighted by Crippen LogP contribution is -2.12. The number of hydrogen-bond acceptors (Lipinski definition) is 2. The molecule has 0 unspecified atom stereocenters. The summed E-state index contributed by atoms with van der Waals surface area (Å²) in [6.45, 7) is 1.84. The van der Waals surface area contributed by atoms with Crippen LogP contribution in [-0.4, -0.2) is 14.1 Å². The van der Waals surface area contributed by atoms with Gasteiger partial charge in [0.05, 0.1) is 5.69 Å². The van der Waals surface area contributed by atoms with Crippen molar-refractivity contribution in [3.8, 4) is 0 Å². The summed E-state index contributed by atoms with van der Waals surface area (Å²) in [6, 6.07) is 4.96. The van der Waals surface area contributed by atoms with Gasteiger partial charge >= 0.3 is 0 Å². The summed E-state index contributed by atoms with van der Waals surface area (Å²) in [5.41, 5.74) is 7.04. The Morgan fingerprint density at radius 2 is 2.00 bits per heavy atom. The van der Waals surface area contributed by atoms with E-state index in [1.807, 2.05) is 27.1 Å². The first kappa shape index (κ1) is 9.99. The molecule has 72 valence electrons. The number of benzene rings is 1. The van der Waals surface area contributed by atoms with Gasteiger partial charge in [-0.15, -0.1) is 0 Å². The first-order valence-corrected chi connectivity index (χ1v) is 4.24. The Kier molecular flexibility index (Phi) is 2.88. The number of rotatable bonds is 2. The summed E-state index contributed by atoms with van der Waals surface area (Å²) in [5.74, 6) is -0.222. The molecular formula is C10H15FN2. The highest BCUT2D eigenvalue weighted by molar-refractivity contribution is 5.48. The zero-order chi connectivity index (χ0) is 10.0. The van der Waals surface area contributed by atoms with E-state index >= 15 is 0 Å². The number of anilines is 1. The molecule has 0 heterocycles. The van der Waals surface area contributed by atoms with Gasteiger partial charge in [-0.25, -0.2) is 4.39 Å². The van der Waals surface area contributed by atoms with Crippen LogP contribution in [0.5, 0.6) is 0 Å². The van der Waals surface area contributed by atoms with Gasteiger partial charge in [0.1, 0.15) is 5.82 Å². The summed E-state index contributed by atoms with van der Waals surface area (Å²) in [7, 11) is 3.62. The van der Waals surface area contributed by atoms with E-state index in [2.05, 4.69) is 0 Å². The molecule has 0 bridgehead atoms. The van der Waals surface area contributed by atoms with E-state index in [0.717, 1.165) is 5.56 Å². The normalized spacial score (nSPS) is 12.7. The maximum Gasteiger partial charge on any atom is 0.146 e. The average molecular weight is 182 g/mol. The molecule has 0 fully saturated rings. The van der Waals surface area contributed by atoms with Crippen LogP contribution in [0.1, 0.15) is 18.5 Å². The lowest BCUT2D eigenvalue weighted by molar-refractivity contribution is 0.621. The third kappa shape index (κ3) is 2.18. The fourth-order valence-electron chi connectivity index (χ4n) is 1.17. The SMILES string of the molecule is C[C@@H](N)c1ccc(N(C)C)c(F)c1. The molecule has 0 radical (unpaired) electrons.